The third-order valence-corrected chi connectivity index (χ3v) is 1.55. The van der Waals surface area contributed by atoms with E-state index in [1.807, 2.05) is 0 Å². The molecule has 0 bridgehead atoms. The third kappa shape index (κ3) is 1.90. The zero-order chi connectivity index (χ0) is 10.6. The molecule has 6 heteroatoms. The van der Waals surface area contributed by atoms with Crippen LogP contribution in [0.5, 0.6) is 11.8 Å². The number of carbonyl (C=O) groups excluding carboxylic acids is 1. The first-order chi connectivity index (χ1) is 6.72. The quantitative estimate of drug-likeness (QED) is 0.649. The van der Waals surface area contributed by atoms with E-state index < -0.39 is 5.97 Å². The lowest BCUT2D eigenvalue weighted by Gasteiger charge is -2.05. The number of rotatable bonds is 3. The Morgan fingerprint density at radius 3 is 2.43 bits per heavy atom. The molecule has 0 aliphatic carbocycles. The molecule has 76 valence electrons. The van der Waals surface area contributed by atoms with Gasteiger partial charge in [-0.2, -0.15) is 0 Å². The van der Waals surface area contributed by atoms with E-state index in [4.69, 9.17) is 9.47 Å². The van der Waals surface area contributed by atoms with Crippen molar-refractivity contribution in [2.45, 2.75) is 0 Å². The minimum absolute atomic E-state index is 0.109. The summed E-state index contributed by atoms with van der Waals surface area (Å²) >= 11 is 0. The topological polar surface area (TPSA) is 70.5 Å². The first-order valence-electron chi connectivity index (χ1n) is 3.77. The molecule has 0 aliphatic heterocycles. The number of hydrogen-bond acceptors (Lipinski definition) is 6. The molecule has 0 aliphatic rings. The van der Waals surface area contributed by atoms with E-state index in [1.165, 1.54) is 27.4 Å². The van der Waals surface area contributed by atoms with Crippen molar-refractivity contribution >= 4 is 5.97 Å². The molecule has 0 amide bonds. The summed E-state index contributed by atoms with van der Waals surface area (Å²) in [5, 5.41) is 7.28. The van der Waals surface area contributed by atoms with E-state index in [0.29, 0.717) is 0 Å². The fourth-order valence-electron chi connectivity index (χ4n) is 0.869. The molecule has 0 aromatic carbocycles. The van der Waals surface area contributed by atoms with Gasteiger partial charge in [-0.15, -0.1) is 10.2 Å². The van der Waals surface area contributed by atoms with Crippen LogP contribution in [0.25, 0.3) is 0 Å². The van der Waals surface area contributed by atoms with E-state index in [0.717, 1.165) is 0 Å². The average molecular weight is 198 g/mol. The number of methoxy groups -OCH3 is 3. The van der Waals surface area contributed by atoms with Crippen molar-refractivity contribution in [1.29, 1.82) is 0 Å². The Morgan fingerprint density at radius 2 is 1.93 bits per heavy atom. The van der Waals surface area contributed by atoms with Gasteiger partial charge in [0.25, 0.3) is 0 Å². The van der Waals surface area contributed by atoms with E-state index >= 15 is 0 Å². The van der Waals surface area contributed by atoms with Crippen molar-refractivity contribution < 1.29 is 19.0 Å². The number of esters is 1. The summed E-state index contributed by atoms with van der Waals surface area (Å²) in [5.41, 5.74) is 0.182. The largest absolute Gasteiger partial charge is 0.480 e. The fourth-order valence-corrected chi connectivity index (χ4v) is 0.869. The van der Waals surface area contributed by atoms with Gasteiger partial charge in [0.2, 0.25) is 11.8 Å². The third-order valence-electron chi connectivity index (χ3n) is 1.55. The van der Waals surface area contributed by atoms with Crippen molar-refractivity contribution in [2.24, 2.45) is 0 Å². The molecule has 0 atom stereocenters. The molecular formula is C8H10N2O4. The van der Waals surface area contributed by atoms with Crippen LogP contribution in [0.4, 0.5) is 0 Å². The fraction of sp³-hybridized carbons (Fsp3) is 0.375. The Kier molecular flexibility index (Phi) is 3.22. The molecule has 0 radical (unpaired) electrons. The van der Waals surface area contributed by atoms with Crippen LogP contribution in [0.2, 0.25) is 0 Å². The average Bonchev–Trinajstić information content (AvgIpc) is 2.27. The van der Waals surface area contributed by atoms with Gasteiger partial charge >= 0.3 is 5.97 Å². The van der Waals surface area contributed by atoms with Gasteiger partial charge in [0.15, 0.2) is 0 Å². The summed E-state index contributed by atoms with van der Waals surface area (Å²) in [6, 6.07) is 1.40. The van der Waals surface area contributed by atoms with Gasteiger partial charge in [-0.3, -0.25) is 0 Å². The molecule has 1 aromatic rings. The number of aromatic nitrogens is 2. The van der Waals surface area contributed by atoms with Crippen molar-refractivity contribution in [1.82, 2.24) is 10.2 Å². The lowest BCUT2D eigenvalue weighted by molar-refractivity contribution is 0.0595. The summed E-state index contributed by atoms with van der Waals surface area (Å²) in [5.74, 6) is -0.209. The predicted octanol–water partition coefficient (Wildman–Crippen LogP) is 0.280. The Morgan fingerprint density at radius 1 is 1.21 bits per heavy atom. The zero-order valence-electron chi connectivity index (χ0n) is 8.10. The summed E-state index contributed by atoms with van der Waals surface area (Å²) in [6.45, 7) is 0. The Labute approximate surface area is 80.8 Å². The van der Waals surface area contributed by atoms with Gasteiger partial charge in [-0.1, -0.05) is 0 Å². The summed E-state index contributed by atoms with van der Waals surface area (Å²) in [7, 11) is 4.09. The first-order valence-corrected chi connectivity index (χ1v) is 3.77. The van der Waals surface area contributed by atoms with Crippen molar-refractivity contribution in [3.63, 3.8) is 0 Å². The van der Waals surface area contributed by atoms with Crippen LogP contribution in [0, 0.1) is 0 Å². The van der Waals surface area contributed by atoms with Crippen molar-refractivity contribution in [2.75, 3.05) is 21.3 Å². The molecule has 0 unspecified atom stereocenters. The molecule has 1 heterocycles. The summed E-state index contributed by atoms with van der Waals surface area (Å²) < 4.78 is 14.2. The standard InChI is InChI=1S/C8H10N2O4/c1-12-6-4-5(8(11)14-3)7(13-2)10-9-6/h4H,1-3H3. The first kappa shape index (κ1) is 10.2. The van der Waals surface area contributed by atoms with Gasteiger partial charge in [0, 0.05) is 6.07 Å². The van der Waals surface area contributed by atoms with Gasteiger partial charge < -0.3 is 14.2 Å². The maximum Gasteiger partial charge on any atom is 0.343 e. The molecule has 1 rings (SSSR count). The minimum Gasteiger partial charge on any atom is -0.480 e. The molecule has 6 nitrogen and oxygen atoms in total. The molecule has 0 saturated heterocycles. The van der Waals surface area contributed by atoms with Crippen LogP contribution in [0.15, 0.2) is 6.07 Å². The summed E-state index contributed by atoms with van der Waals surface area (Å²) in [4.78, 5) is 11.2. The van der Waals surface area contributed by atoms with Gasteiger partial charge in [-0.05, 0) is 0 Å². The molecule has 0 N–H and O–H groups in total. The van der Waals surface area contributed by atoms with Crippen molar-refractivity contribution in [3.05, 3.63) is 11.6 Å². The predicted molar refractivity (Wildman–Crippen MR) is 46.5 cm³/mol. The lowest BCUT2D eigenvalue weighted by atomic mass is 10.3. The number of ether oxygens (including phenoxy) is 3. The molecular weight excluding hydrogens is 188 g/mol. The van der Waals surface area contributed by atoms with E-state index in [-0.39, 0.29) is 17.3 Å². The van der Waals surface area contributed by atoms with Crippen molar-refractivity contribution in [3.8, 4) is 11.8 Å². The SMILES string of the molecule is COC(=O)c1cc(OC)nnc1OC. The highest BCUT2D eigenvalue weighted by atomic mass is 16.5. The lowest BCUT2D eigenvalue weighted by Crippen LogP contribution is -2.07. The van der Waals surface area contributed by atoms with Gasteiger partial charge in [0.1, 0.15) is 5.56 Å². The number of hydrogen-bond donors (Lipinski definition) is 0. The molecule has 14 heavy (non-hydrogen) atoms. The monoisotopic (exact) mass is 198 g/mol. The Bertz CT molecular complexity index is 340. The number of nitrogens with zero attached hydrogens (tertiary/aromatic N) is 2. The molecule has 0 fully saturated rings. The Balaban J connectivity index is 3.14. The highest BCUT2D eigenvalue weighted by Gasteiger charge is 2.16. The zero-order valence-corrected chi connectivity index (χ0v) is 8.10. The number of carbonyl (C=O) groups is 1. The molecule has 0 saturated carbocycles. The van der Waals surface area contributed by atoms with Crippen LogP contribution < -0.4 is 9.47 Å². The second kappa shape index (κ2) is 4.40. The minimum atomic E-state index is -0.546. The van der Waals surface area contributed by atoms with Crippen LogP contribution >= 0.6 is 0 Å². The highest BCUT2D eigenvalue weighted by Crippen LogP contribution is 2.18. The summed E-state index contributed by atoms with van der Waals surface area (Å²) in [6.07, 6.45) is 0. The van der Waals surface area contributed by atoms with E-state index in [2.05, 4.69) is 14.9 Å². The van der Waals surface area contributed by atoms with Gasteiger partial charge in [0.05, 0.1) is 21.3 Å². The van der Waals surface area contributed by atoms with Crippen LogP contribution in [0.3, 0.4) is 0 Å². The van der Waals surface area contributed by atoms with Crippen LogP contribution in [-0.4, -0.2) is 37.5 Å². The molecule has 1 aromatic heterocycles. The second-order valence-electron chi connectivity index (χ2n) is 2.30. The highest BCUT2D eigenvalue weighted by molar-refractivity contribution is 5.91. The van der Waals surface area contributed by atoms with Gasteiger partial charge in [-0.25, -0.2) is 4.79 Å². The van der Waals surface area contributed by atoms with E-state index in [1.54, 1.807) is 0 Å². The second-order valence-corrected chi connectivity index (χ2v) is 2.30. The molecule has 0 spiro atoms. The Hall–Kier alpha value is -1.85. The van der Waals surface area contributed by atoms with Crippen LogP contribution in [-0.2, 0) is 4.74 Å². The van der Waals surface area contributed by atoms with Crippen LogP contribution in [0.1, 0.15) is 10.4 Å². The maximum absolute atomic E-state index is 11.2. The maximum atomic E-state index is 11.2. The normalized spacial score (nSPS) is 9.36. The smallest absolute Gasteiger partial charge is 0.343 e. The van der Waals surface area contributed by atoms with E-state index in [9.17, 15) is 4.79 Å².